The van der Waals surface area contributed by atoms with E-state index in [1.54, 1.807) is 0 Å². The number of nitrogens with one attached hydrogen (secondary N) is 2. The van der Waals surface area contributed by atoms with Crippen LogP contribution >= 0.6 is 0 Å². The van der Waals surface area contributed by atoms with Crippen molar-refractivity contribution in [3.05, 3.63) is 53.8 Å². The summed E-state index contributed by atoms with van der Waals surface area (Å²) in [6.07, 6.45) is 0. The zero-order chi connectivity index (χ0) is 14.8. The second kappa shape index (κ2) is 5.24. The normalized spacial score (nSPS) is 10.6. The summed E-state index contributed by atoms with van der Waals surface area (Å²) in [5.41, 5.74) is 1.45. The molecule has 0 atom stereocenters. The summed E-state index contributed by atoms with van der Waals surface area (Å²) < 4.78 is 18.7. The Morgan fingerprint density at radius 2 is 2.10 bits per heavy atom. The topological polar surface area (TPSA) is 67.0 Å². The molecule has 3 rings (SSSR count). The molecule has 0 saturated heterocycles. The minimum absolute atomic E-state index is 0.0729. The van der Waals surface area contributed by atoms with E-state index in [4.69, 9.17) is 4.74 Å². The third-order valence-corrected chi connectivity index (χ3v) is 3.04. The van der Waals surface area contributed by atoms with Gasteiger partial charge in [0.2, 0.25) is 5.95 Å². The monoisotopic (exact) mass is 285 g/mol. The van der Waals surface area contributed by atoms with Crippen molar-refractivity contribution in [3.8, 4) is 5.75 Å². The van der Waals surface area contributed by atoms with Gasteiger partial charge in [-0.15, -0.1) is 0 Å². The molecule has 1 heterocycles. The number of hydrogen-bond acceptors (Lipinski definition) is 3. The first kappa shape index (κ1) is 13.1. The molecule has 1 amide bonds. The number of H-pyrrole nitrogens is 1. The highest BCUT2D eigenvalue weighted by Gasteiger charge is 2.14. The molecule has 2 aromatic carbocycles. The van der Waals surface area contributed by atoms with Gasteiger partial charge in [0, 0.05) is 6.07 Å². The summed E-state index contributed by atoms with van der Waals surface area (Å²) in [5.74, 6) is -0.596. The van der Waals surface area contributed by atoms with Crippen LogP contribution in [0.25, 0.3) is 11.0 Å². The average molecular weight is 285 g/mol. The molecule has 0 aliphatic heterocycles. The molecular weight excluding hydrogens is 273 g/mol. The van der Waals surface area contributed by atoms with Crippen molar-refractivity contribution < 1.29 is 13.9 Å². The molecule has 0 spiro atoms. The largest absolute Gasteiger partial charge is 0.497 e. The quantitative estimate of drug-likeness (QED) is 0.777. The number of hydrogen-bond donors (Lipinski definition) is 2. The summed E-state index contributed by atoms with van der Waals surface area (Å²) in [6, 6.07) is 11.4. The number of ether oxygens (including phenoxy) is 1. The maximum Gasteiger partial charge on any atom is 0.260 e. The number of rotatable bonds is 3. The van der Waals surface area contributed by atoms with Crippen molar-refractivity contribution in [1.82, 2.24) is 9.97 Å². The lowest BCUT2D eigenvalue weighted by molar-refractivity contribution is 0.102. The molecule has 0 aliphatic rings. The van der Waals surface area contributed by atoms with E-state index in [1.165, 1.54) is 19.2 Å². The molecule has 106 valence electrons. The number of carbonyl (C=O) groups is 1. The standard InChI is InChI=1S/C15H12FN3O2/c1-21-9-6-7-10(11(16)8-9)14(20)19-15-17-12-4-2-3-5-13(12)18-15/h2-8H,1H3,(H2,17,18,19,20). The molecule has 2 N–H and O–H groups in total. The van der Waals surface area contributed by atoms with Crippen LogP contribution in [0.15, 0.2) is 42.5 Å². The highest BCUT2D eigenvalue weighted by Crippen LogP contribution is 2.18. The Balaban J connectivity index is 1.85. The van der Waals surface area contributed by atoms with Crippen LogP contribution in [0, 0.1) is 5.82 Å². The number of benzene rings is 2. The minimum Gasteiger partial charge on any atom is -0.497 e. The van der Waals surface area contributed by atoms with E-state index in [-0.39, 0.29) is 11.5 Å². The van der Waals surface area contributed by atoms with Crippen LogP contribution in [0.3, 0.4) is 0 Å². The fourth-order valence-corrected chi connectivity index (χ4v) is 1.99. The number of imidazole rings is 1. The maximum absolute atomic E-state index is 13.8. The summed E-state index contributed by atoms with van der Waals surface area (Å²) in [4.78, 5) is 19.2. The Kier molecular flexibility index (Phi) is 3.27. The van der Waals surface area contributed by atoms with E-state index >= 15 is 0 Å². The van der Waals surface area contributed by atoms with Gasteiger partial charge in [0.15, 0.2) is 0 Å². The predicted octanol–water partition coefficient (Wildman–Crippen LogP) is 2.96. The van der Waals surface area contributed by atoms with Gasteiger partial charge in [0.25, 0.3) is 5.91 Å². The first-order valence-electron chi connectivity index (χ1n) is 6.27. The van der Waals surface area contributed by atoms with E-state index in [2.05, 4.69) is 15.3 Å². The first-order valence-corrected chi connectivity index (χ1v) is 6.27. The Labute approximate surface area is 119 Å². The van der Waals surface area contributed by atoms with Gasteiger partial charge in [0.05, 0.1) is 23.7 Å². The van der Waals surface area contributed by atoms with Gasteiger partial charge < -0.3 is 9.72 Å². The molecule has 0 saturated carbocycles. The van der Waals surface area contributed by atoms with Gasteiger partial charge in [-0.1, -0.05) is 12.1 Å². The number of carbonyl (C=O) groups excluding carboxylic acids is 1. The van der Waals surface area contributed by atoms with E-state index in [9.17, 15) is 9.18 Å². The van der Waals surface area contributed by atoms with Crippen LogP contribution in [-0.4, -0.2) is 23.0 Å². The molecule has 0 bridgehead atoms. The van der Waals surface area contributed by atoms with E-state index in [0.29, 0.717) is 5.75 Å². The maximum atomic E-state index is 13.8. The van der Waals surface area contributed by atoms with Crippen molar-refractivity contribution in [2.45, 2.75) is 0 Å². The molecule has 3 aromatic rings. The van der Waals surface area contributed by atoms with Crippen LogP contribution in [0.5, 0.6) is 5.75 Å². The van der Waals surface area contributed by atoms with Crippen molar-refractivity contribution in [2.75, 3.05) is 12.4 Å². The van der Waals surface area contributed by atoms with Crippen LogP contribution in [-0.2, 0) is 0 Å². The van der Waals surface area contributed by atoms with Crippen molar-refractivity contribution in [1.29, 1.82) is 0 Å². The SMILES string of the molecule is COc1ccc(C(=O)Nc2nc3ccccc3[nH]2)c(F)c1. The highest BCUT2D eigenvalue weighted by molar-refractivity contribution is 6.04. The zero-order valence-electron chi connectivity index (χ0n) is 11.2. The number of para-hydroxylation sites is 2. The van der Waals surface area contributed by atoms with E-state index < -0.39 is 11.7 Å². The molecule has 0 fully saturated rings. The van der Waals surface area contributed by atoms with E-state index in [0.717, 1.165) is 17.1 Å². The predicted molar refractivity (Wildman–Crippen MR) is 77.0 cm³/mol. The van der Waals surface area contributed by atoms with E-state index in [1.807, 2.05) is 24.3 Å². The molecule has 21 heavy (non-hydrogen) atoms. The van der Waals surface area contributed by atoms with Gasteiger partial charge in [-0.05, 0) is 24.3 Å². The lowest BCUT2D eigenvalue weighted by Gasteiger charge is -2.05. The number of nitrogens with zero attached hydrogens (tertiary/aromatic N) is 1. The Morgan fingerprint density at radius 1 is 1.29 bits per heavy atom. The summed E-state index contributed by atoms with van der Waals surface area (Å²) >= 11 is 0. The van der Waals surface area contributed by atoms with Crippen LogP contribution < -0.4 is 10.1 Å². The molecule has 0 aliphatic carbocycles. The molecule has 5 nitrogen and oxygen atoms in total. The van der Waals surface area contributed by atoms with Gasteiger partial charge in [0.1, 0.15) is 11.6 Å². The van der Waals surface area contributed by atoms with Crippen LogP contribution in [0.2, 0.25) is 0 Å². The number of anilines is 1. The minimum atomic E-state index is -0.650. The molecule has 0 unspecified atom stereocenters. The molecule has 6 heteroatoms. The third kappa shape index (κ3) is 2.55. The molecule has 0 radical (unpaired) electrons. The Morgan fingerprint density at radius 3 is 2.81 bits per heavy atom. The van der Waals surface area contributed by atoms with Crippen molar-refractivity contribution >= 4 is 22.9 Å². The molecule has 1 aromatic heterocycles. The Bertz CT molecular complexity index is 781. The lowest BCUT2D eigenvalue weighted by atomic mass is 10.2. The third-order valence-electron chi connectivity index (χ3n) is 3.04. The average Bonchev–Trinajstić information content (AvgIpc) is 2.88. The van der Waals surface area contributed by atoms with Gasteiger partial charge in [-0.3, -0.25) is 10.1 Å². The summed E-state index contributed by atoms with van der Waals surface area (Å²) in [7, 11) is 1.43. The lowest BCUT2D eigenvalue weighted by Crippen LogP contribution is -2.14. The summed E-state index contributed by atoms with van der Waals surface area (Å²) in [5, 5.41) is 2.54. The number of aromatic nitrogens is 2. The zero-order valence-corrected chi connectivity index (χ0v) is 11.2. The smallest absolute Gasteiger partial charge is 0.260 e. The second-order valence-corrected chi connectivity index (χ2v) is 4.40. The fraction of sp³-hybridized carbons (Fsp3) is 0.0667. The van der Waals surface area contributed by atoms with Crippen LogP contribution in [0.1, 0.15) is 10.4 Å². The number of amides is 1. The number of aromatic amines is 1. The van der Waals surface area contributed by atoms with Gasteiger partial charge in [-0.25, -0.2) is 9.37 Å². The number of halogens is 1. The molecular formula is C15H12FN3O2. The number of fused-ring (bicyclic) bond motifs is 1. The van der Waals surface area contributed by atoms with Gasteiger partial charge >= 0.3 is 0 Å². The van der Waals surface area contributed by atoms with Crippen molar-refractivity contribution in [2.24, 2.45) is 0 Å². The summed E-state index contributed by atoms with van der Waals surface area (Å²) in [6.45, 7) is 0. The highest BCUT2D eigenvalue weighted by atomic mass is 19.1. The van der Waals surface area contributed by atoms with Crippen molar-refractivity contribution in [3.63, 3.8) is 0 Å². The first-order chi connectivity index (χ1) is 10.2. The Hall–Kier alpha value is -2.89. The van der Waals surface area contributed by atoms with Gasteiger partial charge in [-0.2, -0.15) is 0 Å². The van der Waals surface area contributed by atoms with Crippen LogP contribution in [0.4, 0.5) is 10.3 Å². The number of methoxy groups -OCH3 is 1. The fourth-order valence-electron chi connectivity index (χ4n) is 1.99. The second-order valence-electron chi connectivity index (χ2n) is 4.40.